The van der Waals surface area contributed by atoms with Crippen molar-refractivity contribution in [2.24, 2.45) is 10.7 Å². The zero-order valence-electron chi connectivity index (χ0n) is 5.14. The molecule has 1 rings (SSSR count). The number of hydrogen-bond acceptors (Lipinski definition) is 3. The zero-order chi connectivity index (χ0) is 6.20. The smallest absolute Gasteiger partial charge is 0.154 e. The van der Waals surface area contributed by atoms with Gasteiger partial charge in [-0.1, -0.05) is 11.8 Å². The van der Waals surface area contributed by atoms with Gasteiger partial charge in [0.1, 0.15) is 0 Å². The van der Waals surface area contributed by atoms with Crippen molar-refractivity contribution >= 4 is 16.9 Å². The lowest BCUT2D eigenvalue weighted by atomic mass is 10.2. The maximum Gasteiger partial charge on any atom is 0.154 e. The van der Waals surface area contributed by atoms with Crippen LogP contribution in [0.2, 0.25) is 0 Å². The quantitative estimate of drug-likeness (QED) is 0.527. The van der Waals surface area contributed by atoms with Crippen LogP contribution in [0.25, 0.3) is 0 Å². The average Bonchev–Trinajstić information content (AvgIpc) is 1.82. The molecule has 0 amide bonds. The molecule has 1 aliphatic heterocycles. The van der Waals surface area contributed by atoms with Crippen molar-refractivity contribution in [2.45, 2.75) is 18.6 Å². The van der Waals surface area contributed by atoms with Crippen molar-refractivity contribution in [3.63, 3.8) is 0 Å². The summed E-state index contributed by atoms with van der Waals surface area (Å²) >= 11 is 1.65. The molecule has 0 spiro atoms. The van der Waals surface area contributed by atoms with Gasteiger partial charge < -0.3 is 5.73 Å². The fourth-order valence-corrected chi connectivity index (χ4v) is 1.44. The van der Waals surface area contributed by atoms with Gasteiger partial charge in [0.25, 0.3) is 0 Å². The number of aliphatic imine (C=N–C) groups is 1. The van der Waals surface area contributed by atoms with E-state index in [1.54, 1.807) is 11.8 Å². The number of nitrogens with two attached hydrogens (primary N) is 1. The summed E-state index contributed by atoms with van der Waals surface area (Å²) in [4.78, 5) is 4.05. The Bertz CT molecular complexity index is 128. The average molecular weight is 130 g/mol. The standard InChI is InChI=1S/C5H10N2S/c1-5(2)3-7-4(6)8-5/h3H2,1-2H3,(H2,6,7). The highest BCUT2D eigenvalue weighted by atomic mass is 32.2. The molecule has 1 heterocycles. The van der Waals surface area contributed by atoms with Gasteiger partial charge >= 0.3 is 0 Å². The van der Waals surface area contributed by atoms with Crippen LogP contribution in [-0.2, 0) is 0 Å². The first-order valence-electron chi connectivity index (χ1n) is 2.59. The van der Waals surface area contributed by atoms with E-state index in [-0.39, 0.29) is 4.75 Å². The van der Waals surface area contributed by atoms with Crippen molar-refractivity contribution in [2.75, 3.05) is 6.54 Å². The van der Waals surface area contributed by atoms with Crippen LogP contribution in [0.4, 0.5) is 0 Å². The lowest BCUT2D eigenvalue weighted by Crippen LogP contribution is -2.15. The van der Waals surface area contributed by atoms with Crippen molar-refractivity contribution in [1.82, 2.24) is 0 Å². The van der Waals surface area contributed by atoms with Gasteiger partial charge in [0.05, 0.1) is 6.54 Å². The number of hydrogen-bond donors (Lipinski definition) is 1. The molecule has 2 N–H and O–H groups in total. The number of thioether (sulfide) groups is 1. The van der Waals surface area contributed by atoms with E-state index in [0.29, 0.717) is 0 Å². The summed E-state index contributed by atoms with van der Waals surface area (Å²) in [6, 6.07) is 0. The topological polar surface area (TPSA) is 38.4 Å². The predicted octanol–water partition coefficient (Wildman–Crippen LogP) is 0.827. The van der Waals surface area contributed by atoms with Gasteiger partial charge in [0, 0.05) is 4.75 Å². The monoisotopic (exact) mass is 130 g/mol. The third kappa shape index (κ3) is 1.15. The highest BCUT2D eigenvalue weighted by Crippen LogP contribution is 2.29. The maximum atomic E-state index is 5.42. The lowest BCUT2D eigenvalue weighted by molar-refractivity contribution is 0.741. The second kappa shape index (κ2) is 1.65. The molecule has 0 aromatic rings. The van der Waals surface area contributed by atoms with Crippen LogP contribution in [-0.4, -0.2) is 16.5 Å². The van der Waals surface area contributed by atoms with E-state index in [9.17, 15) is 0 Å². The molecule has 0 fully saturated rings. The van der Waals surface area contributed by atoms with E-state index in [1.165, 1.54) is 0 Å². The van der Waals surface area contributed by atoms with E-state index in [0.717, 1.165) is 11.7 Å². The van der Waals surface area contributed by atoms with Gasteiger partial charge in [-0.25, -0.2) is 0 Å². The summed E-state index contributed by atoms with van der Waals surface area (Å²) in [5.41, 5.74) is 5.42. The Morgan fingerprint density at radius 1 is 1.75 bits per heavy atom. The summed E-state index contributed by atoms with van der Waals surface area (Å²) in [7, 11) is 0. The molecule has 8 heavy (non-hydrogen) atoms. The normalized spacial score (nSPS) is 25.5. The van der Waals surface area contributed by atoms with Gasteiger partial charge in [-0.05, 0) is 13.8 Å². The predicted molar refractivity (Wildman–Crippen MR) is 38.2 cm³/mol. The first-order chi connectivity index (χ1) is 3.60. The molecule has 0 unspecified atom stereocenters. The molecular formula is C5H10N2S. The number of rotatable bonds is 0. The van der Waals surface area contributed by atoms with Crippen LogP contribution in [0.15, 0.2) is 4.99 Å². The molecule has 0 aromatic carbocycles. The Kier molecular flexibility index (Phi) is 1.23. The van der Waals surface area contributed by atoms with Crippen LogP contribution in [0.5, 0.6) is 0 Å². The molecule has 0 aliphatic carbocycles. The van der Waals surface area contributed by atoms with Crippen LogP contribution in [0, 0.1) is 0 Å². The highest BCUT2D eigenvalue weighted by Gasteiger charge is 2.24. The Morgan fingerprint density at radius 2 is 2.38 bits per heavy atom. The van der Waals surface area contributed by atoms with Crippen molar-refractivity contribution < 1.29 is 0 Å². The minimum atomic E-state index is 0.254. The van der Waals surface area contributed by atoms with Gasteiger partial charge in [-0.15, -0.1) is 0 Å². The third-order valence-electron chi connectivity index (χ3n) is 0.997. The summed E-state index contributed by atoms with van der Waals surface area (Å²) in [6.07, 6.45) is 0. The SMILES string of the molecule is CC1(C)CN=C(N)S1. The second-order valence-electron chi connectivity index (χ2n) is 2.52. The summed E-state index contributed by atoms with van der Waals surface area (Å²) < 4.78 is 0.254. The van der Waals surface area contributed by atoms with Crippen LogP contribution < -0.4 is 5.73 Å². The molecule has 0 aromatic heterocycles. The van der Waals surface area contributed by atoms with E-state index in [4.69, 9.17) is 5.73 Å². The molecular weight excluding hydrogens is 120 g/mol. The molecule has 46 valence electrons. The van der Waals surface area contributed by atoms with Gasteiger partial charge in [-0.3, -0.25) is 4.99 Å². The highest BCUT2D eigenvalue weighted by molar-refractivity contribution is 8.15. The van der Waals surface area contributed by atoms with E-state index >= 15 is 0 Å². The minimum absolute atomic E-state index is 0.254. The third-order valence-corrected chi connectivity index (χ3v) is 2.02. The van der Waals surface area contributed by atoms with Crippen LogP contribution >= 0.6 is 11.8 Å². The van der Waals surface area contributed by atoms with Crippen molar-refractivity contribution in [3.8, 4) is 0 Å². The maximum absolute atomic E-state index is 5.42. The largest absolute Gasteiger partial charge is 0.379 e. The fraction of sp³-hybridized carbons (Fsp3) is 0.800. The molecule has 0 bridgehead atoms. The number of amidine groups is 1. The molecule has 0 saturated heterocycles. The lowest BCUT2D eigenvalue weighted by Gasteiger charge is -2.11. The molecule has 0 saturated carbocycles. The Labute approximate surface area is 53.6 Å². The number of nitrogens with zero attached hydrogens (tertiary/aromatic N) is 1. The Hall–Kier alpha value is -0.180. The Balaban J connectivity index is 2.55. The first kappa shape index (κ1) is 5.95. The van der Waals surface area contributed by atoms with Crippen molar-refractivity contribution in [1.29, 1.82) is 0 Å². The fourth-order valence-electron chi connectivity index (χ4n) is 0.616. The first-order valence-corrected chi connectivity index (χ1v) is 3.41. The van der Waals surface area contributed by atoms with Gasteiger partial charge in [0.15, 0.2) is 5.17 Å². The van der Waals surface area contributed by atoms with Gasteiger partial charge in [-0.2, -0.15) is 0 Å². The van der Waals surface area contributed by atoms with Crippen molar-refractivity contribution in [3.05, 3.63) is 0 Å². The van der Waals surface area contributed by atoms with Crippen LogP contribution in [0.1, 0.15) is 13.8 Å². The molecule has 3 heteroatoms. The zero-order valence-corrected chi connectivity index (χ0v) is 5.96. The molecule has 1 aliphatic rings. The molecule has 2 nitrogen and oxygen atoms in total. The van der Waals surface area contributed by atoms with Gasteiger partial charge in [0.2, 0.25) is 0 Å². The van der Waals surface area contributed by atoms with E-state index < -0.39 is 0 Å². The summed E-state index contributed by atoms with van der Waals surface area (Å²) in [5.74, 6) is 0. The van der Waals surface area contributed by atoms with Crippen LogP contribution in [0.3, 0.4) is 0 Å². The Morgan fingerprint density at radius 3 is 2.50 bits per heavy atom. The summed E-state index contributed by atoms with van der Waals surface area (Å²) in [6.45, 7) is 5.14. The van der Waals surface area contributed by atoms with E-state index in [1.807, 2.05) is 0 Å². The molecule has 0 atom stereocenters. The van der Waals surface area contributed by atoms with E-state index in [2.05, 4.69) is 18.8 Å². The minimum Gasteiger partial charge on any atom is -0.379 e. The second-order valence-corrected chi connectivity index (χ2v) is 4.24. The molecule has 0 radical (unpaired) electrons. The summed E-state index contributed by atoms with van der Waals surface area (Å²) in [5, 5.41) is 0.731.